The van der Waals surface area contributed by atoms with Crippen LogP contribution in [0, 0.1) is 0 Å². The third-order valence-electron chi connectivity index (χ3n) is 3.55. The molecule has 3 rings (SSSR count). The molecule has 12 heteroatoms. The number of methoxy groups -OCH3 is 2. The minimum atomic E-state index is -4.58. The molecule has 0 saturated carbocycles. The first-order chi connectivity index (χ1) is 14.4. The van der Waals surface area contributed by atoms with Gasteiger partial charge in [0.1, 0.15) is 5.69 Å². The van der Waals surface area contributed by atoms with Gasteiger partial charge in [0.05, 0.1) is 32.1 Å². The minimum Gasteiger partial charge on any atom is -0.481 e. The van der Waals surface area contributed by atoms with E-state index in [0.29, 0.717) is 0 Å². The number of anilines is 1. The van der Waals surface area contributed by atoms with Gasteiger partial charge in [0.2, 0.25) is 11.8 Å². The van der Waals surface area contributed by atoms with Crippen LogP contribution in [0.25, 0.3) is 0 Å². The Morgan fingerprint density at radius 3 is 2.33 bits per heavy atom. The van der Waals surface area contributed by atoms with Crippen molar-refractivity contribution in [2.75, 3.05) is 19.6 Å². The van der Waals surface area contributed by atoms with E-state index < -0.39 is 17.6 Å². The fraction of sp³-hybridized carbons (Fsp3) is 0.167. The van der Waals surface area contributed by atoms with Gasteiger partial charge >= 0.3 is 12.2 Å². The zero-order valence-corrected chi connectivity index (χ0v) is 15.7. The van der Waals surface area contributed by atoms with Gasteiger partial charge in [-0.2, -0.15) is 28.2 Å². The molecule has 0 fully saturated rings. The predicted octanol–water partition coefficient (Wildman–Crippen LogP) is 3.54. The summed E-state index contributed by atoms with van der Waals surface area (Å²) in [5.41, 5.74) is 1.53. The second-order valence-corrected chi connectivity index (χ2v) is 5.49. The van der Waals surface area contributed by atoms with E-state index in [4.69, 9.17) is 14.2 Å². The number of hydrogen-bond acceptors (Lipinski definition) is 9. The van der Waals surface area contributed by atoms with Gasteiger partial charge in [-0.25, -0.2) is 4.98 Å². The van der Waals surface area contributed by atoms with Gasteiger partial charge in [-0.15, -0.1) is 0 Å². The number of nitrogens with zero attached hydrogens (tertiary/aromatic N) is 5. The third kappa shape index (κ3) is 5.10. The molecule has 3 aromatic rings. The topological polar surface area (TPSA) is 104 Å². The highest BCUT2D eigenvalue weighted by Gasteiger charge is 2.34. The van der Waals surface area contributed by atoms with Crippen molar-refractivity contribution in [2.24, 2.45) is 5.10 Å². The Morgan fingerprint density at radius 1 is 1.00 bits per heavy atom. The summed E-state index contributed by atoms with van der Waals surface area (Å²) in [7, 11) is 2.85. The lowest BCUT2D eigenvalue weighted by atomic mass is 10.2. The molecule has 0 bridgehead atoms. The van der Waals surface area contributed by atoms with E-state index in [2.05, 4.69) is 30.5 Å². The van der Waals surface area contributed by atoms with Crippen molar-refractivity contribution in [3.05, 3.63) is 54.0 Å². The Labute approximate surface area is 168 Å². The lowest BCUT2D eigenvalue weighted by Crippen LogP contribution is -2.10. The van der Waals surface area contributed by atoms with Crippen molar-refractivity contribution >= 4 is 12.0 Å². The van der Waals surface area contributed by atoms with Crippen LogP contribution < -0.4 is 19.6 Å². The number of hydrogen-bond donors (Lipinski definition) is 1. The van der Waals surface area contributed by atoms with Gasteiger partial charge in [-0.3, -0.25) is 10.4 Å². The molecule has 3 aromatic heterocycles. The fourth-order valence-corrected chi connectivity index (χ4v) is 2.20. The first-order valence-electron chi connectivity index (χ1n) is 8.32. The Morgan fingerprint density at radius 2 is 1.67 bits per heavy atom. The van der Waals surface area contributed by atoms with Crippen LogP contribution in [0.1, 0.15) is 11.3 Å². The van der Waals surface area contributed by atoms with Crippen molar-refractivity contribution in [3.63, 3.8) is 0 Å². The van der Waals surface area contributed by atoms with Gasteiger partial charge in [0, 0.05) is 12.4 Å². The lowest BCUT2D eigenvalue weighted by molar-refractivity contribution is -0.137. The molecule has 1 N–H and O–H groups in total. The van der Waals surface area contributed by atoms with Crippen LogP contribution in [0.2, 0.25) is 0 Å². The first-order valence-corrected chi connectivity index (χ1v) is 8.32. The first kappa shape index (κ1) is 20.8. The highest BCUT2D eigenvalue weighted by molar-refractivity contribution is 5.81. The molecule has 0 aliphatic carbocycles. The number of pyridine rings is 2. The highest BCUT2D eigenvalue weighted by Crippen LogP contribution is 2.33. The van der Waals surface area contributed by atoms with E-state index in [1.54, 1.807) is 12.1 Å². The van der Waals surface area contributed by atoms with Gasteiger partial charge in [-0.1, -0.05) is 0 Å². The summed E-state index contributed by atoms with van der Waals surface area (Å²) in [5.74, 6) is 0.191. The zero-order valence-electron chi connectivity index (χ0n) is 15.7. The maximum Gasteiger partial charge on any atom is 0.420 e. The molecule has 0 aliphatic rings. The van der Waals surface area contributed by atoms with Gasteiger partial charge in [-0.05, 0) is 24.3 Å². The number of rotatable bonds is 7. The summed E-state index contributed by atoms with van der Waals surface area (Å²) < 4.78 is 54.8. The molecule has 0 radical (unpaired) electrons. The Kier molecular flexibility index (Phi) is 6.25. The Balaban J connectivity index is 1.82. The quantitative estimate of drug-likeness (QED) is 0.457. The standard InChI is InChI=1S/C18H15F3N6O3/c1-28-14-9-15(29-2)26-17(25-14)30-13-6-4-7-22-12(13)10-24-27-16-11(18(19,20)21)5-3-8-23-16/h3-10H,1-2H3,(H,23,27). The van der Waals surface area contributed by atoms with E-state index in [-0.39, 0.29) is 29.2 Å². The summed E-state index contributed by atoms with van der Waals surface area (Å²) in [6, 6.07) is 6.63. The van der Waals surface area contributed by atoms with E-state index in [9.17, 15) is 13.2 Å². The van der Waals surface area contributed by atoms with Crippen LogP contribution in [0.15, 0.2) is 47.8 Å². The molecule has 0 atom stereocenters. The van der Waals surface area contributed by atoms with Crippen LogP contribution in [0.4, 0.5) is 19.0 Å². The van der Waals surface area contributed by atoms with Crippen molar-refractivity contribution in [3.8, 4) is 23.5 Å². The second kappa shape index (κ2) is 9.03. The minimum absolute atomic E-state index is 0.0779. The molecule has 0 aromatic carbocycles. The largest absolute Gasteiger partial charge is 0.481 e. The number of nitrogens with one attached hydrogen (secondary N) is 1. The summed E-state index contributed by atoms with van der Waals surface area (Å²) in [5, 5.41) is 3.79. The molecular formula is C18H15F3N6O3. The van der Waals surface area contributed by atoms with Crippen LogP contribution in [-0.2, 0) is 6.18 Å². The fourth-order valence-electron chi connectivity index (χ4n) is 2.20. The Bertz CT molecular complexity index is 1020. The van der Waals surface area contributed by atoms with E-state index >= 15 is 0 Å². The lowest BCUT2D eigenvalue weighted by Gasteiger charge is -2.10. The molecule has 0 spiro atoms. The monoisotopic (exact) mass is 420 g/mol. The maximum atomic E-state index is 13.0. The molecular weight excluding hydrogens is 405 g/mol. The number of ether oxygens (including phenoxy) is 3. The second-order valence-electron chi connectivity index (χ2n) is 5.49. The summed E-state index contributed by atoms with van der Waals surface area (Å²) >= 11 is 0. The van der Waals surface area contributed by atoms with Gasteiger partial charge < -0.3 is 14.2 Å². The summed E-state index contributed by atoms with van der Waals surface area (Å²) in [4.78, 5) is 15.8. The normalized spacial score (nSPS) is 11.4. The SMILES string of the molecule is COc1cc(OC)nc(Oc2cccnc2C=NNc2ncccc2C(F)(F)F)n1. The average molecular weight is 420 g/mol. The summed E-state index contributed by atoms with van der Waals surface area (Å²) in [6.07, 6.45) is -0.714. The maximum absolute atomic E-state index is 13.0. The summed E-state index contributed by atoms with van der Waals surface area (Å²) in [6.45, 7) is 0. The van der Waals surface area contributed by atoms with Crippen molar-refractivity contribution in [1.29, 1.82) is 0 Å². The van der Waals surface area contributed by atoms with Crippen LogP contribution in [-0.4, -0.2) is 40.4 Å². The van der Waals surface area contributed by atoms with Crippen LogP contribution in [0.5, 0.6) is 23.5 Å². The molecule has 0 saturated heterocycles. The molecule has 156 valence electrons. The molecule has 0 aliphatic heterocycles. The van der Waals surface area contributed by atoms with Crippen LogP contribution >= 0.6 is 0 Å². The zero-order chi connectivity index (χ0) is 21.6. The molecule has 0 amide bonds. The van der Waals surface area contributed by atoms with Gasteiger partial charge in [0.25, 0.3) is 0 Å². The number of halogens is 3. The highest BCUT2D eigenvalue weighted by atomic mass is 19.4. The number of hydrazone groups is 1. The molecule has 30 heavy (non-hydrogen) atoms. The van der Waals surface area contributed by atoms with Crippen LogP contribution in [0.3, 0.4) is 0 Å². The third-order valence-corrected chi connectivity index (χ3v) is 3.55. The smallest absolute Gasteiger partial charge is 0.420 e. The van der Waals surface area contributed by atoms with Crippen molar-refractivity contribution in [2.45, 2.75) is 6.18 Å². The van der Waals surface area contributed by atoms with E-state index in [1.165, 1.54) is 45.0 Å². The molecule has 9 nitrogen and oxygen atoms in total. The molecule has 3 heterocycles. The van der Waals surface area contributed by atoms with Crippen molar-refractivity contribution in [1.82, 2.24) is 19.9 Å². The van der Waals surface area contributed by atoms with E-state index in [0.717, 1.165) is 6.07 Å². The average Bonchev–Trinajstić information content (AvgIpc) is 2.74. The molecule has 0 unspecified atom stereocenters. The van der Waals surface area contributed by atoms with Gasteiger partial charge in [0.15, 0.2) is 11.6 Å². The van der Waals surface area contributed by atoms with E-state index in [1.807, 2.05) is 0 Å². The predicted molar refractivity (Wildman–Crippen MR) is 99.9 cm³/mol. The van der Waals surface area contributed by atoms with Crippen molar-refractivity contribution < 1.29 is 27.4 Å². The number of aromatic nitrogens is 4. The Hall–Kier alpha value is -3.96. The number of alkyl halides is 3.